The van der Waals surface area contributed by atoms with Crippen LogP contribution in [0.3, 0.4) is 0 Å². The highest BCUT2D eigenvalue weighted by Gasteiger charge is 2.34. The number of nitrogens with two attached hydrogens (primary N) is 1. The zero-order valence-corrected chi connectivity index (χ0v) is 15.5. The van der Waals surface area contributed by atoms with E-state index in [0.717, 1.165) is 17.4 Å². The Morgan fingerprint density at radius 2 is 1.76 bits per heavy atom. The summed E-state index contributed by atoms with van der Waals surface area (Å²) in [7, 11) is 0. The molecule has 0 bridgehead atoms. The second-order valence-corrected chi connectivity index (χ2v) is 7.11. The third-order valence-electron chi connectivity index (χ3n) is 4.21. The summed E-state index contributed by atoms with van der Waals surface area (Å²) in [5.74, 6) is -0.721. The Balaban J connectivity index is 1.70. The van der Waals surface area contributed by atoms with Crippen LogP contribution in [-0.2, 0) is 6.18 Å². The van der Waals surface area contributed by atoms with Gasteiger partial charge in [-0.2, -0.15) is 13.2 Å². The van der Waals surface area contributed by atoms with Gasteiger partial charge in [0, 0.05) is 11.6 Å². The number of para-hydroxylation sites is 1. The first-order chi connectivity index (χ1) is 13.8. The Labute approximate surface area is 167 Å². The number of halogens is 3. The predicted octanol–water partition coefficient (Wildman–Crippen LogP) is 5.21. The number of alkyl halides is 3. The molecule has 3 heterocycles. The second-order valence-electron chi connectivity index (χ2n) is 6.11. The third kappa shape index (κ3) is 3.64. The summed E-state index contributed by atoms with van der Waals surface area (Å²) in [6.45, 7) is 0. The van der Waals surface area contributed by atoms with E-state index in [1.54, 1.807) is 30.5 Å². The SMILES string of the molecule is Nc1c(C(=O)Nc2ccccc2C(F)(F)F)sc2nc(-c3ccccn3)ccc12. The van der Waals surface area contributed by atoms with Crippen molar-refractivity contribution in [1.82, 2.24) is 9.97 Å². The number of aromatic nitrogens is 2. The van der Waals surface area contributed by atoms with Crippen LogP contribution in [0.2, 0.25) is 0 Å². The Morgan fingerprint density at radius 1 is 1.00 bits per heavy atom. The maximum Gasteiger partial charge on any atom is 0.418 e. The van der Waals surface area contributed by atoms with Crippen molar-refractivity contribution in [2.45, 2.75) is 6.18 Å². The van der Waals surface area contributed by atoms with Crippen LogP contribution < -0.4 is 11.1 Å². The minimum Gasteiger partial charge on any atom is -0.397 e. The molecule has 1 aromatic carbocycles. The van der Waals surface area contributed by atoms with Gasteiger partial charge < -0.3 is 11.1 Å². The lowest BCUT2D eigenvalue weighted by Crippen LogP contribution is -2.16. The van der Waals surface area contributed by atoms with Crippen molar-refractivity contribution < 1.29 is 18.0 Å². The van der Waals surface area contributed by atoms with Crippen LogP contribution in [0.1, 0.15) is 15.2 Å². The zero-order chi connectivity index (χ0) is 20.6. The van der Waals surface area contributed by atoms with Gasteiger partial charge in [0.05, 0.1) is 28.3 Å². The molecule has 0 fully saturated rings. The highest BCUT2D eigenvalue weighted by atomic mass is 32.1. The number of thiophene rings is 1. The van der Waals surface area contributed by atoms with Crippen LogP contribution in [0.4, 0.5) is 24.5 Å². The number of anilines is 2. The maximum absolute atomic E-state index is 13.2. The monoisotopic (exact) mass is 414 g/mol. The summed E-state index contributed by atoms with van der Waals surface area (Å²) in [6, 6.07) is 13.6. The number of hydrogen-bond donors (Lipinski definition) is 2. The second kappa shape index (κ2) is 7.17. The smallest absolute Gasteiger partial charge is 0.397 e. The summed E-state index contributed by atoms with van der Waals surface area (Å²) < 4.78 is 39.5. The molecule has 0 aliphatic rings. The number of nitrogen functional groups attached to an aromatic ring is 1. The molecule has 4 aromatic rings. The van der Waals surface area contributed by atoms with Crippen molar-refractivity contribution in [1.29, 1.82) is 0 Å². The van der Waals surface area contributed by atoms with Crippen molar-refractivity contribution in [3.8, 4) is 11.4 Å². The van der Waals surface area contributed by atoms with E-state index >= 15 is 0 Å². The molecule has 0 unspecified atom stereocenters. The van der Waals surface area contributed by atoms with Gasteiger partial charge in [-0.25, -0.2) is 4.98 Å². The minimum atomic E-state index is -4.59. The standard InChI is InChI=1S/C20H13F3N4OS/c21-20(22,23)12-5-1-2-6-13(12)26-18(28)17-16(24)11-8-9-15(27-19(11)29-17)14-7-3-4-10-25-14/h1-10H,24H2,(H,26,28). The number of hydrogen-bond acceptors (Lipinski definition) is 5. The minimum absolute atomic E-state index is 0.0997. The lowest BCUT2D eigenvalue weighted by atomic mass is 10.1. The molecule has 4 rings (SSSR count). The average Bonchev–Trinajstić information content (AvgIpc) is 3.04. The lowest BCUT2D eigenvalue weighted by molar-refractivity contribution is -0.136. The van der Waals surface area contributed by atoms with E-state index in [1.165, 1.54) is 18.2 Å². The van der Waals surface area contributed by atoms with Crippen LogP contribution in [0.15, 0.2) is 60.8 Å². The molecule has 0 saturated heterocycles. The zero-order valence-electron chi connectivity index (χ0n) is 14.7. The van der Waals surface area contributed by atoms with E-state index in [-0.39, 0.29) is 16.3 Å². The number of pyridine rings is 2. The van der Waals surface area contributed by atoms with Crippen LogP contribution >= 0.6 is 11.3 Å². The molecule has 0 atom stereocenters. The molecule has 0 saturated carbocycles. The maximum atomic E-state index is 13.2. The fourth-order valence-electron chi connectivity index (χ4n) is 2.84. The van der Waals surface area contributed by atoms with Gasteiger partial charge in [-0.15, -0.1) is 11.3 Å². The van der Waals surface area contributed by atoms with Crippen molar-refractivity contribution in [3.63, 3.8) is 0 Å². The van der Waals surface area contributed by atoms with Gasteiger partial charge in [-0.3, -0.25) is 9.78 Å². The van der Waals surface area contributed by atoms with E-state index in [9.17, 15) is 18.0 Å². The molecule has 0 aliphatic heterocycles. The number of carbonyl (C=O) groups is 1. The Morgan fingerprint density at radius 3 is 2.48 bits per heavy atom. The molecule has 5 nitrogen and oxygen atoms in total. The van der Waals surface area contributed by atoms with Gasteiger partial charge in [-0.05, 0) is 36.4 Å². The highest BCUT2D eigenvalue weighted by Crippen LogP contribution is 2.37. The van der Waals surface area contributed by atoms with Gasteiger partial charge in [0.1, 0.15) is 9.71 Å². The average molecular weight is 414 g/mol. The Kier molecular flexibility index (Phi) is 4.67. The molecule has 3 N–H and O–H groups in total. The van der Waals surface area contributed by atoms with Gasteiger partial charge in [0.15, 0.2) is 0 Å². The van der Waals surface area contributed by atoms with E-state index in [2.05, 4.69) is 15.3 Å². The fraction of sp³-hybridized carbons (Fsp3) is 0.0500. The van der Waals surface area contributed by atoms with Crippen LogP contribution in [0, 0.1) is 0 Å². The Hall–Kier alpha value is -3.46. The van der Waals surface area contributed by atoms with Crippen molar-refractivity contribution in [3.05, 3.63) is 71.2 Å². The number of nitrogens with zero attached hydrogens (tertiary/aromatic N) is 2. The first kappa shape index (κ1) is 18.9. The highest BCUT2D eigenvalue weighted by molar-refractivity contribution is 7.21. The first-order valence-corrected chi connectivity index (χ1v) is 9.24. The van der Waals surface area contributed by atoms with Gasteiger partial charge in [0.25, 0.3) is 5.91 Å². The molecule has 3 aromatic heterocycles. The number of carbonyl (C=O) groups excluding carboxylic acids is 1. The van der Waals surface area contributed by atoms with Crippen LogP contribution in [0.25, 0.3) is 21.6 Å². The Bertz CT molecular complexity index is 1210. The number of rotatable bonds is 3. The number of amides is 1. The first-order valence-electron chi connectivity index (χ1n) is 8.42. The molecular formula is C20H13F3N4OS. The molecule has 0 radical (unpaired) electrons. The summed E-state index contributed by atoms with van der Waals surface area (Å²) in [5, 5.41) is 2.87. The van der Waals surface area contributed by atoms with Gasteiger partial charge in [0.2, 0.25) is 0 Å². The van der Waals surface area contributed by atoms with Crippen molar-refractivity contribution in [2.75, 3.05) is 11.1 Å². The van der Waals surface area contributed by atoms with Gasteiger partial charge >= 0.3 is 6.18 Å². The van der Waals surface area contributed by atoms with Crippen molar-refractivity contribution >= 4 is 38.8 Å². The largest absolute Gasteiger partial charge is 0.418 e. The summed E-state index contributed by atoms with van der Waals surface area (Å²) >= 11 is 1.02. The molecule has 9 heteroatoms. The molecule has 29 heavy (non-hydrogen) atoms. The topological polar surface area (TPSA) is 80.9 Å². The van der Waals surface area contributed by atoms with Crippen LogP contribution in [-0.4, -0.2) is 15.9 Å². The van der Waals surface area contributed by atoms with Gasteiger partial charge in [-0.1, -0.05) is 18.2 Å². The molecule has 1 amide bonds. The predicted molar refractivity (Wildman–Crippen MR) is 107 cm³/mol. The lowest BCUT2D eigenvalue weighted by Gasteiger charge is -2.13. The molecule has 146 valence electrons. The van der Waals surface area contributed by atoms with E-state index in [4.69, 9.17) is 5.73 Å². The quantitative estimate of drug-likeness (QED) is 0.482. The number of fused-ring (bicyclic) bond motifs is 1. The fourth-order valence-corrected chi connectivity index (χ4v) is 3.83. The molecular weight excluding hydrogens is 401 g/mol. The summed E-state index contributed by atoms with van der Waals surface area (Å²) in [5.41, 5.74) is 6.26. The summed E-state index contributed by atoms with van der Waals surface area (Å²) in [4.78, 5) is 22.0. The van der Waals surface area contributed by atoms with Crippen molar-refractivity contribution in [2.24, 2.45) is 0 Å². The third-order valence-corrected chi connectivity index (χ3v) is 5.32. The molecule has 0 spiro atoms. The number of nitrogens with one attached hydrogen (secondary N) is 1. The van der Waals surface area contributed by atoms with Crippen LogP contribution in [0.5, 0.6) is 0 Å². The summed E-state index contributed by atoms with van der Waals surface area (Å²) in [6.07, 6.45) is -2.95. The molecule has 0 aliphatic carbocycles. The van der Waals surface area contributed by atoms with E-state index in [0.29, 0.717) is 21.6 Å². The normalized spacial score (nSPS) is 11.6. The van der Waals surface area contributed by atoms with E-state index in [1.807, 2.05) is 6.07 Å². The van der Waals surface area contributed by atoms with E-state index < -0.39 is 17.6 Å². The number of benzene rings is 1.